The number of benzene rings is 1. The van der Waals surface area contributed by atoms with Crippen molar-refractivity contribution in [2.24, 2.45) is 5.73 Å². The minimum atomic E-state index is -0.712. The maximum Gasteiger partial charge on any atom is 0.331 e. The molecule has 1 aromatic carbocycles. The second kappa shape index (κ2) is 11.2. The molecule has 3 rings (SSSR count). The molecule has 8 nitrogen and oxygen atoms in total. The predicted octanol–water partition coefficient (Wildman–Crippen LogP) is 3.98. The van der Waals surface area contributed by atoms with Crippen LogP contribution in [0, 0.1) is 0 Å². The first-order valence-electron chi connectivity index (χ1n) is 10.4. The number of carbonyl (C=O) groups excluding carboxylic acids is 3. The van der Waals surface area contributed by atoms with Crippen LogP contribution in [0.25, 0.3) is 6.08 Å². The Hall–Kier alpha value is -3.04. The van der Waals surface area contributed by atoms with E-state index in [9.17, 15) is 14.4 Å². The van der Waals surface area contributed by atoms with E-state index >= 15 is 0 Å². The van der Waals surface area contributed by atoms with Gasteiger partial charge >= 0.3 is 5.97 Å². The van der Waals surface area contributed by atoms with Gasteiger partial charge in [0, 0.05) is 11.0 Å². The number of rotatable bonds is 9. The summed E-state index contributed by atoms with van der Waals surface area (Å²) >= 11 is 7.55. The molecule has 0 bridgehead atoms. The molecule has 33 heavy (non-hydrogen) atoms. The Labute approximate surface area is 200 Å². The van der Waals surface area contributed by atoms with E-state index in [0.717, 1.165) is 36.1 Å². The van der Waals surface area contributed by atoms with Gasteiger partial charge in [0.25, 0.3) is 11.8 Å². The third-order valence-electron chi connectivity index (χ3n) is 4.96. The van der Waals surface area contributed by atoms with E-state index in [1.807, 2.05) is 6.92 Å². The van der Waals surface area contributed by atoms with Crippen molar-refractivity contribution in [1.29, 1.82) is 0 Å². The van der Waals surface area contributed by atoms with Gasteiger partial charge in [-0.3, -0.25) is 9.59 Å². The van der Waals surface area contributed by atoms with E-state index < -0.39 is 24.4 Å². The van der Waals surface area contributed by atoms with Crippen molar-refractivity contribution in [2.75, 3.05) is 25.6 Å². The van der Waals surface area contributed by atoms with Gasteiger partial charge < -0.3 is 25.3 Å². The molecule has 2 aromatic rings. The third kappa shape index (κ3) is 6.06. The summed E-state index contributed by atoms with van der Waals surface area (Å²) in [6, 6.07) is 3.29. The highest BCUT2D eigenvalue weighted by atomic mass is 35.5. The number of fused-ring (bicyclic) bond motifs is 1. The molecule has 1 aliphatic carbocycles. The minimum Gasteiger partial charge on any atom is -0.491 e. The summed E-state index contributed by atoms with van der Waals surface area (Å²) in [4.78, 5) is 37.4. The van der Waals surface area contributed by atoms with Gasteiger partial charge in [0.2, 0.25) is 0 Å². The van der Waals surface area contributed by atoms with Crippen molar-refractivity contribution in [3.05, 3.63) is 44.8 Å². The molecule has 10 heteroatoms. The van der Waals surface area contributed by atoms with E-state index in [-0.39, 0.29) is 0 Å². The van der Waals surface area contributed by atoms with Gasteiger partial charge in [-0.2, -0.15) is 0 Å². The number of nitrogens with one attached hydrogen (secondary N) is 1. The number of anilines is 1. The molecular formula is C23H25ClN2O6S. The van der Waals surface area contributed by atoms with E-state index in [1.54, 1.807) is 12.1 Å². The lowest BCUT2D eigenvalue weighted by Crippen LogP contribution is -2.22. The lowest BCUT2D eigenvalue weighted by atomic mass is 9.95. The molecule has 0 unspecified atom stereocenters. The summed E-state index contributed by atoms with van der Waals surface area (Å²) in [5.41, 5.74) is 7.40. The van der Waals surface area contributed by atoms with Gasteiger partial charge in [0.1, 0.15) is 5.00 Å². The summed E-state index contributed by atoms with van der Waals surface area (Å²) in [6.45, 7) is 1.75. The van der Waals surface area contributed by atoms with Crippen LogP contribution in [-0.2, 0) is 27.2 Å². The minimum absolute atomic E-state index is 0.333. The lowest BCUT2D eigenvalue weighted by molar-refractivity contribution is -0.142. The van der Waals surface area contributed by atoms with Gasteiger partial charge in [-0.05, 0) is 61.9 Å². The Morgan fingerprint density at radius 3 is 2.70 bits per heavy atom. The topological polar surface area (TPSA) is 117 Å². The molecule has 0 spiro atoms. The molecule has 0 saturated carbocycles. The predicted molar refractivity (Wildman–Crippen MR) is 127 cm³/mol. The number of methoxy groups -OCH3 is 1. The van der Waals surface area contributed by atoms with Gasteiger partial charge in [-0.25, -0.2) is 4.79 Å². The number of halogens is 1. The normalized spacial score (nSPS) is 12.8. The number of esters is 1. The summed E-state index contributed by atoms with van der Waals surface area (Å²) in [7, 11) is 1.49. The Bertz CT molecular complexity index is 1100. The highest BCUT2D eigenvalue weighted by molar-refractivity contribution is 7.17. The third-order valence-corrected chi connectivity index (χ3v) is 6.45. The number of carbonyl (C=O) groups is 3. The van der Waals surface area contributed by atoms with Crippen LogP contribution in [0.5, 0.6) is 11.5 Å². The average Bonchev–Trinajstić information content (AvgIpc) is 3.14. The van der Waals surface area contributed by atoms with E-state index in [4.69, 9.17) is 31.5 Å². The highest BCUT2D eigenvalue weighted by Gasteiger charge is 2.25. The fourth-order valence-corrected chi connectivity index (χ4v) is 5.18. The second-order valence-electron chi connectivity index (χ2n) is 7.24. The number of hydrogen-bond acceptors (Lipinski definition) is 7. The van der Waals surface area contributed by atoms with Crippen LogP contribution in [0.4, 0.5) is 5.00 Å². The first-order chi connectivity index (χ1) is 15.8. The van der Waals surface area contributed by atoms with Crippen LogP contribution in [0.2, 0.25) is 5.02 Å². The molecular weight excluding hydrogens is 468 g/mol. The first-order valence-corrected chi connectivity index (χ1v) is 11.6. The van der Waals surface area contributed by atoms with Gasteiger partial charge in [-0.1, -0.05) is 11.6 Å². The van der Waals surface area contributed by atoms with Crippen LogP contribution < -0.4 is 20.5 Å². The maximum atomic E-state index is 12.3. The smallest absolute Gasteiger partial charge is 0.331 e. The van der Waals surface area contributed by atoms with E-state index in [1.165, 1.54) is 30.6 Å². The molecule has 1 aromatic heterocycles. The fourth-order valence-electron chi connectivity index (χ4n) is 3.57. The molecule has 2 amide bonds. The largest absolute Gasteiger partial charge is 0.491 e. The number of primary amides is 1. The van der Waals surface area contributed by atoms with Crippen molar-refractivity contribution in [3.63, 3.8) is 0 Å². The van der Waals surface area contributed by atoms with Gasteiger partial charge in [0.05, 0.1) is 24.3 Å². The quantitative estimate of drug-likeness (QED) is 0.404. The monoisotopic (exact) mass is 492 g/mol. The van der Waals surface area contributed by atoms with Crippen LogP contribution >= 0.6 is 22.9 Å². The zero-order valence-corrected chi connectivity index (χ0v) is 19.9. The Kier molecular flexibility index (Phi) is 8.35. The van der Waals surface area contributed by atoms with Crippen molar-refractivity contribution in [2.45, 2.75) is 32.6 Å². The molecule has 3 N–H and O–H groups in total. The maximum absolute atomic E-state index is 12.3. The Balaban J connectivity index is 1.60. The molecule has 0 aliphatic heterocycles. The van der Waals surface area contributed by atoms with Crippen LogP contribution in [0.3, 0.4) is 0 Å². The number of nitrogens with two attached hydrogens (primary N) is 1. The molecule has 1 heterocycles. The number of aryl methyl sites for hydroxylation is 1. The molecule has 0 atom stereocenters. The van der Waals surface area contributed by atoms with Crippen molar-refractivity contribution in [1.82, 2.24) is 0 Å². The van der Waals surface area contributed by atoms with E-state index in [0.29, 0.717) is 39.3 Å². The van der Waals surface area contributed by atoms with Crippen molar-refractivity contribution < 1.29 is 28.6 Å². The van der Waals surface area contributed by atoms with Crippen LogP contribution in [0.1, 0.15) is 46.1 Å². The molecule has 0 saturated heterocycles. The first kappa shape index (κ1) is 24.6. The summed E-state index contributed by atoms with van der Waals surface area (Å²) in [6.07, 6.45) is 6.31. The zero-order valence-electron chi connectivity index (χ0n) is 18.4. The SMILES string of the molecule is CCOc1cc(/C=C/C(=O)OCC(=O)Nc2sc3c(c2C(N)=O)CCCC3)cc(Cl)c1OC. The summed E-state index contributed by atoms with van der Waals surface area (Å²) in [5.74, 6) is -0.988. The van der Waals surface area contributed by atoms with Gasteiger partial charge in [0.15, 0.2) is 18.1 Å². The van der Waals surface area contributed by atoms with Crippen LogP contribution in [-0.4, -0.2) is 38.1 Å². The van der Waals surface area contributed by atoms with Crippen LogP contribution in [0.15, 0.2) is 18.2 Å². The summed E-state index contributed by atoms with van der Waals surface area (Å²) < 4.78 is 15.7. The molecule has 0 fully saturated rings. The van der Waals surface area contributed by atoms with Crippen molar-refractivity contribution >= 4 is 51.8 Å². The van der Waals surface area contributed by atoms with Crippen molar-refractivity contribution in [3.8, 4) is 11.5 Å². The van der Waals surface area contributed by atoms with E-state index in [2.05, 4.69) is 5.32 Å². The number of thiophene rings is 1. The standard InChI is InChI=1S/C23H25ClN2O6S/c1-3-31-16-11-13(10-15(24)21(16)30-2)8-9-19(28)32-12-18(27)26-23-20(22(25)29)14-6-4-5-7-17(14)33-23/h8-11H,3-7,12H2,1-2H3,(H2,25,29)(H,26,27)/b9-8+. The molecule has 1 aliphatic rings. The second-order valence-corrected chi connectivity index (χ2v) is 8.75. The Morgan fingerprint density at radius 2 is 2.00 bits per heavy atom. The Morgan fingerprint density at radius 1 is 1.24 bits per heavy atom. The zero-order chi connectivity index (χ0) is 24.0. The summed E-state index contributed by atoms with van der Waals surface area (Å²) in [5, 5.41) is 3.39. The average molecular weight is 493 g/mol. The highest BCUT2D eigenvalue weighted by Crippen LogP contribution is 2.38. The fraction of sp³-hybridized carbons (Fsp3) is 0.348. The number of hydrogen-bond donors (Lipinski definition) is 2. The van der Waals surface area contributed by atoms with Gasteiger partial charge in [-0.15, -0.1) is 11.3 Å². The number of ether oxygens (including phenoxy) is 3. The molecule has 176 valence electrons. The molecule has 0 radical (unpaired) electrons. The lowest BCUT2D eigenvalue weighted by Gasteiger charge is -2.11. The number of amides is 2.